The van der Waals surface area contributed by atoms with Crippen molar-refractivity contribution in [3.05, 3.63) is 0 Å². The summed E-state index contributed by atoms with van der Waals surface area (Å²) in [7, 11) is 4.00. The minimum absolute atomic E-state index is 1.05. The highest BCUT2D eigenvalue weighted by Gasteiger charge is 1.96. The van der Waals surface area contributed by atoms with Crippen LogP contribution in [0.1, 0.15) is 0 Å². The number of rotatable bonds is 0. The van der Waals surface area contributed by atoms with Crippen molar-refractivity contribution in [2.24, 2.45) is 0 Å². The standard InChI is InChI=1S/C2H6B2N2/c1-2-5-6-4-3-1/h5-6H,1-2H2. The first-order chi connectivity index (χ1) is 3.00. The molecule has 1 fully saturated rings. The molecule has 2 N–H and O–H groups in total. The van der Waals surface area contributed by atoms with Gasteiger partial charge in [0.1, 0.15) is 0 Å². The average molecular weight is 79.7 g/mol. The summed E-state index contributed by atoms with van der Waals surface area (Å²) < 4.78 is 0. The molecule has 2 radical (unpaired) electrons. The van der Waals surface area contributed by atoms with Gasteiger partial charge in [0.25, 0.3) is 0 Å². The van der Waals surface area contributed by atoms with Crippen molar-refractivity contribution in [2.45, 2.75) is 6.32 Å². The van der Waals surface area contributed by atoms with E-state index in [1.807, 2.05) is 7.31 Å². The minimum atomic E-state index is 1.05. The van der Waals surface area contributed by atoms with E-state index in [1.165, 1.54) is 0 Å². The summed E-state index contributed by atoms with van der Waals surface area (Å²) in [6.07, 6.45) is 1.15. The van der Waals surface area contributed by atoms with Crippen LogP contribution in [0.2, 0.25) is 6.32 Å². The number of hydrogen-bond donors (Lipinski definition) is 2. The Bertz CT molecular complexity index is 25.0. The van der Waals surface area contributed by atoms with Crippen molar-refractivity contribution in [1.82, 2.24) is 10.8 Å². The third-order valence-electron chi connectivity index (χ3n) is 0.739. The fourth-order valence-electron chi connectivity index (χ4n) is 0.429. The lowest BCUT2D eigenvalue weighted by molar-refractivity contribution is 0.696. The molecule has 0 atom stereocenters. The Morgan fingerprint density at radius 1 is 1.50 bits per heavy atom. The smallest absolute Gasteiger partial charge is 0.177 e. The second kappa shape index (κ2) is 2.26. The first kappa shape index (κ1) is 4.22. The topological polar surface area (TPSA) is 24.1 Å². The molecule has 1 heterocycles. The fraction of sp³-hybridized carbons (Fsp3) is 1.00. The number of nitrogens with one attached hydrogen (secondary N) is 2. The summed E-state index contributed by atoms with van der Waals surface area (Å²) in [5.41, 5.74) is 2.95. The molecule has 0 unspecified atom stereocenters. The molecule has 4 heteroatoms. The molecule has 6 heavy (non-hydrogen) atoms. The van der Waals surface area contributed by atoms with E-state index < -0.39 is 0 Å². The molecule has 1 saturated heterocycles. The molecule has 30 valence electrons. The zero-order chi connectivity index (χ0) is 4.24. The van der Waals surface area contributed by atoms with Gasteiger partial charge < -0.3 is 5.34 Å². The fourth-order valence-corrected chi connectivity index (χ4v) is 0.429. The van der Waals surface area contributed by atoms with Crippen molar-refractivity contribution in [3.63, 3.8) is 0 Å². The Morgan fingerprint density at radius 2 is 2.50 bits per heavy atom. The van der Waals surface area contributed by atoms with E-state index in [-0.39, 0.29) is 0 Å². The summed E-state index contributed by atoms with van der Waals surface area (Å²) >= 11 is 0. The monoisotopic (exact) mass is 80.1 g/mol. The maximum Gasteiger partial charge on any atom is 0.177 e. The molecular formula is C2H6B2N2. The van der Waals surface area contributed by atoms with Crippen LogP contribution in [-0.2, 0) is 0 Å². The zero-order valence-corrected chi connectivity index (χ0v) is 3.57. The van der Waals surface area contributed by atoms with Gasteiger partial charge in [0.15, 0.2) is 7.31 Å². The zero-order valence-electron chi connectivity index (χ0n) is 3.57. The van der Waals surface area contributed by atoms with Crippen LogP contribution in [0.25, 0.3) is 0 Å². The van der Waals surface area contributed by atoms with Crippen molar-refractivity contribution < 1.29 is 0 Å². The number of hydrazine groups is 1. The minimum Gasteiger partial charge on any atom is -0.313 e. The molecule has 0 aromatic heterocycles. The Kier molecular flexibility index (Phi) is 1.59. The molecule has 1 aliphatic rings. The van der Waals surface area contributed by atoms with E-state index in [4.69, 9.17) is 0 Å². The van der Waals surface area contributed by atoms with Crippen LogP contribution < -0.4 is 10.8 Å². The van der Waals surface area contributed by atoms with Crippen molar-refractivity contribution in [2.75, 3.05) is 6.54 Å². The van der Waals surface area contributed by atoms with Gasteiger partial charge in [0.05, 0.1) is 7.17 Å². The van der Waals surface area contributed by atoms with Crippen molar-refractivity contribution in [3.8, 4) is 0 Å². The summed E-state index contributed by atoms with van der Waals surface area (Å²) in [5, 5.41) is 2.85. The van der Waals surface area contributed by atoms with Crippen LogP contribution in [0.4, 0.5) is 0 Å². The Hall–Kier alpha value is 0.0499. The van der Waals surface area contributed by atoms with Crippen LogP contribution in [0.15, 0.2) is 0 Å². The lowest BCUT2D eigenvalue weighted by Crippen LogP contribution is -2.44. The molecule has 0 saturated carbocycles. The highest BCUT2D eigenvalue weighted by atomic mass is 15.3. The molecule has 1 rings (SSSR count). The van der Waals surface area contributed by atoms with E-state index in [9.17, 15) is 0 Å². The molecule has 1 aliphatic heterocycles. The van der Waals surface area contributed by atoms with Gasteiger partial charge in [-0.2, -0.15) is 0 Å². The van der Waals surface area contributed by atoms with E-state index >= 15 is 0 Å². The van der Waals surface area contributed by atoms with E-state index in [1.54, 1.807) is 0 Å². The predicted octanol–water partition coefficient (Wildman–Crippen LogP) is -1.25. The number of hydrogen-bond acceptors (Lipinski definition) is 2. The summed E-state index contributed by atoms with van der Waals surface area (Å²) in [4.78, 5) is 0. The van der Waals surface area contributed by atoms with Gasteiger partial charge in [0, 0.05) is 6.54 Å². The molecule has 0 bridgehead atoms. The van der Waals surface area contributed by atoms with E-state index in [2.05, 4.69) is 17.9 Å². The maximum absolute atomic E-state index is 2.95. The lowest BCUT2D eigenvalue weighted by atomic mass is 9.45. The molecule has 0 amide bonds. The second-order valence-corrected chi connectivity index (χ2v) is 1.26. The lowest BCUT2D eigenvalue weighted by Gasteiger charge is -2.09. The van der Waals surface area contributed by atoms with E-state index in [0.717, 1.165) is 12.9 Å². The van der Waals surface area contributed by atoms with Gasteiger partial charge in [-0.25, -0.2) is 0 Å². The van der Waals surface area contributed by atoms with Gasteiger partial charge in [-0.05, 0) is 0 Å². The van der Waals surface area contributed by atoms with Gasteiger partial charge in [-0.15, -0.1) is 0 Å². The highest BCUT2D eigenvalue weighted by molar-refractivity contribution is 6.99. The first-order valence-corrected chi connectivity index (χ1v) is 2.13. The van der Waals surface area contributed by atoms with Crippen LogP contribution >= 0.6 is 0 Å². The first-order valence-electron chi connectivity index (χ1n) is 2.13. The molecule has 0 aliphatic carbocycles. The van der Waals surface area contributed by atoms with Crippen molar-refractivity contribution in [1.29, 1.82) is 0 Å². The van der Waals surface area contributed by atoms with Crippen LogP contribution in [0.3, 0.4) is 0 Å². The van der Waals surface area contributed by atoms with Crippen LogP contribution in [-0.4, -0.2) is 21.0 Å². The molecule has 2 nitrogen and oxygen atoms in total. The normalized spacial score (nSPS) is 21.3. The summed E-state index contributed by atoms with van der Waals surface area (Å²) in [6, 6.07) is 0. The largest absolute Gasteiger partial charge is 0.313 e. The van der Waals surface area contributed by atoms with Crippen LogP contribution in [0, 0.1) is 0 Å². The van der Waals surface area contributed by atoms with Gasteiger partial charge in [-0.3, -0.25) is 5.43 Å². The maximum atomic E-state index is 2.95. The Labute approximate surface area is 39.1 Å². The average Bonchev–Trinajstić information content (AvgIpc) is 1.72. The molecule has 0 spiro atoms. The Balaban J connectivity index is 2.00. The van der Waals surface area contributed by atoms with Crippen LogP contribution in [0.5, 0.6) is 0 Å². The quantitative estimate of drug-likeness (QED) is 0.355. The molecular weight excluding hydrogens is 73.7 g/mol. The SMILES string of the molecule is [B]1[B]NNCC1. The molecule has 0 aromatic carbocycles. The van der Waals surface area contributed by atoms with Gasteiger partial charge in [0.2, 0.25) is 0 Å². The third kappa shape index (κ3) is 1.03. The van der Waals surface area contributed by atoms with Gasteiger partial charge in [-0.1, -0.05) is 6.32 Å². The Morgan fingerprint density at radius 3 is 2.67 bits per heavy atom. The summed E-state index contributed by atoms with van der Waals surface area (Å²) in [6.45, 7) is 1.05. The molecule has 0 aromatic rings. The van der Waals surface area contributed by atoms with E-state index in [0.29, 0.717) is 0 Å². The predicted molar refractivity (Wildman–Crippen MR) is 27.5 cm³/mol. The van der Waals surface area contributed by atoms with Crippen molar-refractivity contribution >= 4 is 14.5 Å². The summed E-state index contributed by atoms with van der Waals surface area (Å²) in [5.74, 6) is 0. The highest BCUT2D eigenvalue weighted by Crippen LogP contribution is 1.73. The third-order valence-corrected chi connectivity index (χ3v) is 0.739. The second-order valence-electron chi connectivity index (χ2n) is 1.26. The van der Waals surface area contributed by atoms with Gasteiger partial charge >= 0.3 is 0 Å².